The lowest BCUT2D eigenvalue weighted by Gasteiger charge is -2.13. The molecule has 0 unspecified atom stereocenters. The van der Waals surface area contributed by atoms with E-state index in [0.29, 0.717) is 12.1 Å². The van der Waals surface area contributed by atoms with Gasteiger partial charge in [-0.15, -0.1) is 0 Å². The summed E-state index contributed by atoms with van der Waals surface area (Å²) in [4.78, 5) is 26.3. The van der Waals surface area contributed by atoms with Crippen LogP contribution in [-0.4, -0.2) is 25.8 Å². The zero-order valence-corrected chi connectivity index (χ0v) is 15.9. The highest BCUT2D eigenvalue weighted by molar-refractivity contribution is 5.97. The molecule has 0 atom stereocenters. The number of hydrogen-bond donors (Lipinski definition) is 1. The van der Waals surface area contributed by atoms with E-state index in [2.05, 4.69) is 12.2 Å². The molecule has 0 aliphatic carbocycles. The largest absolute Gasteiger partial charge is 0.378 e. The summed E-state index contributed by atoms with van der Waals surface area (Å²) >= 11 is 0. The third-order valence-corrected chi connectivity index (χ3v) is 4.31. The number of nitrogens with one attached hydrogen (secondary N) is 1. The van der Waals surface area contributed by atoms with E-state index in [1.54, 1.807) is 0 Å². The average Bonchev–Trinajstić information content (AvgIpc) is 2.65. The van der Waals surface area contributed by atoms with Crippen molar-refractivity contribution < 1.29 is 9.59 Å². The molecule has 0 aliphatic rings. The number of carbonyl (C=O) groups is 2. The van der Waals surface area contributed by atoms with Crippen LogP contribution in [0.3, 0.4) is 0 Å². The molecule has 1 N–H and O–H groups in total. The Bertz CT molecular complexity index is 736. The molecular formula is C22H28N2O2. The molecule has 4 heteroatoms. The molecule has 138 valence electrons. The van der Waals surface area contributed by atoms with Crippen molar-refractivity contribution in [1.82, 2.24) is 5.32 Å². The molecule has 2 aromatic rings. The number of aryl methyl sites for hydroxylation is 1. The first-order chi connectivity index (χ1) is 12.5. The molecule has 0 bridgehead atoms. The highest BCUT2D eigenvalue weighted by Crippen LogP contribution is 2.13. The predicted molar refractivity (Wildman–Crippen MR) is 107 cm³/mol. The summed E-state index contributed by atoms with van der Waals surface area (Å²) in [6, 6.07) is 15.7. The maximum absolute atomic E-state index is 12.2. The van der Waals surface area contributed by atoms with Crippen molar-refractivity contribution in [3.8, 4) is 0 Å². The normalized spacial score (nSPS) is 10.4. The molecule has 4 nitrogen and oxygen atoms in total. The number of hydrogen-bond acceptors (Lipinski definition) is 3. The number of nitrogens with zero attached hydrogens (tertiary/aromatic N) is 1. The van der Waals surface area contributed by atoms with Crippen molar-refractivity contribution in [3.63, 3.8) is 0 Å². The van der Waals surface area contributed by atoms with E-state index in [4.69, 9.17) is 0 Å². The lowest BCUT2D eigenvalue weighted by molar-refractivity contribution is -0.121. The monoisotopic (exact) mass is 352 g/mol. The first kappa shape index (κ1) is 19.7. The highest BCUT2D eigenvalue weighted by atomic mass is 16.2. The summed E-state index contributed by atoms with van der Waals surface area (Å²) in [5.74, 6) is -0.0889. The van der Waals surface area contributed by atoms with Gasteiger partial charge in [-0.1, -0.05) is 49.7 Å². The van der Waals surface area contributed by atoms with Crippen molar-refractivity contribution in [3.05, 3.63) is 65.2 Å². The number of amides is 1. The highest BCUT2D eigenvalue weighted by Gasteiger charge is 2.09. The topological polar surface area (TPSA) is 49.4 Å². The molecule has 1 amide bonds. The Morgan fingerprint density at radius 1 is 0.962 bits per heavy atom. The smallest absolute Gasteiger partial charge is 0.220 e. The minimum Gasteiger partial charge on any atom is -0.378 e. The third-order valence-electron chi connectivity index (χ3n) is 4.31. The standard InChI is InChI=1S/C22H28N2O2/c1-4-6-17-9-11-19(12-10-17)21(25)13-14-22(26)23-16-18-7-5-8-20(15-18)24(2)3/h5,7-12,15H,4,6,13-14,16H2,1-3H3,(H,23,26). The van der Waals surface area contributed by atoms with Crippen molar-refractivity contribution in [1.29, 1.82) is 0 Å². The van der Waals surface area contributed by atoms with Gasteiger partial charge in [0, 0.05) is 44.7 Å². The Balaban J connectivity index is 1.79. The second kappa shape index (κ2) is 9.76. The molecule has 0 radical (unpaired) electrons. The average molecular weight is 352 g/mol. The molecular weight excluding hydrogens is 324 g/mol. The summed E-state index contributed by atoms with van der Waals surface area (Å²) < 4.78 is 0. The minimum atomic E-state index is -0.101. The van der Waals surface area contributed by atoms with Gasteiger partial charge in [-0.2, -0.15) is 0 Å². The number of anilines is 1. The van der Waals surface area contributed by atoms with Gasteiger partial charge in [0.2, 0.25) is 5.91 Å². The predicted octanol–water partition coefficient (Wildman–Crippen LogP) is 3.98. The van der Waals surface area contributed by atoms with Crippen molar-refractivity contribution >= 4 is 17.4 Å². The van der Waals surface area contributed by atoms with E-state index >= 15 is 0 Å². The summed E-state index contributed by atoms with van der Waals surface area (Å²) in [6.07, 6.45) is 2.55. The van der Waals surface area contributed by atoms with Crippen LogP contribution in [0.1, 0.15) is 47.7 Å². The van der Waals surface area contributed by atoms with Gasteiger partial charge >= 0.3 is 0 Å². The molecule has 0 spiro atoms. The van der Waals surface area contributed by atoms with Gasteiger partial charge in [-0.25, -0.2) is 0 Å². The summed E-state index contributed by atoms with van der Waals surface area (Å²) in [5.41, 5.74) is 4.05. The van der Waals surface area contributed by atoms with Crippen molar-refractivity contribution in [2.45, 2.75) is 39.2 Å². The molecule has 0 fully saturated rings. The maximum Gasteiger partial charge on any atom is 0.220 e. The number of Topliss-reactive ketones (excluding diaryl/α,β-unsaturated/α-hetero) is 1. The summed E-state index contributed by atoms with van der Waals surface area (Å²) in [7, 11) is 3.97. The van der Waals surface area contributed by atoms with Gasteiger partial charge in [0.1, 0.15) is 0 Å². The second-order valence-corrected chi connectivity index (χ2v) is 6.71. The van der Waals surface area contributed by atoms with Crippen LogP contribution in [0.15, 0.2) is 48.5 Å². The first-order valence-corrected chi connectivity index (χ1v) is 9.14. The van der Waals surface area contributed by atoms with E-state index in [1.165, 1.54) is 5.56 Å². The molecule has 0 saturated heterocycles. The molecule has 0 heterocycles. The fourth-order valence-corrected chi connectivity index (χ4v) is 2.75. The van der Waals surface area contributed by atoms with Crippen LogP contribution in [0, 0.1) is 0 Å². The second-order valence-electron chi connectivity index (χ2n) is 6.71. The number of benzene rings is 2. The lowest BCUT2D eigenvalue weighted by atomic mass is 10.0. The van der Waals surface area contributed by atoms with Gasteiger partial charge in [0.05, 0.1) is 0 Å². The Morgan fingerprint density at radius 2 is 1.69 bits per heavy atom. The Hall–Kier alpha value is -2.62. The van der Waals surface area contributed by atoms with Crippen LogP contribution < -0.4 is 10.2 Å². The van der Waals surface area contributed by atoms with Crippen molar-refractivity contribution in [2.75, 3.05) is 19.0 Å². The zero-order chi connectivity index (χ0) is 18.9. The van der Waals surface area contributed by atoms with Crippen LogP contribution in [0.4, 0.5) is 5.69 Å². The van der Waals surface area contributed by atoms with E-state index in [1.807, 2.05) is 67.5 Å². The van der Waals surface area contributed by atoms with Crippen LogP contribution >= 0.6 is 0 Å². The molecule has 0 aliphatic heterocycles. The molecule has 2 rings (SSSR count). The van der Waals surface area contributed by atoms with Crippen LogP contribution in [0.5, 0.6) is 0 Å². The van der Waals surface area contributed by atoms with Crippen molar-refractivity contribution in [2.24, 2.45) is 0 Å². The molecule has 26 heavy (non-hydrogen) atoms. The van der Waals surface area contributed by atoms with Crippen LogP contribution in [-0.2, 0) is 17.8 Å². The van der Waals surface area contributed by atoms with Gasteiger partial charge in [0.15, 0.2) is 5.78 Å². The summed E-state index contributed by atoms with van der Waals surface area (Å²) in [5, 5.41) is 2.89. The molecule has 0 saturated carbocycles. The van der Waals surface area contributed by atoms with Crippen LogP contribution in [0.25, 0.3) is 0 Å². The molecule has 2 aromatic carbocycles. The fourth-order valence-electron chi connectivity index (χ4n) is 2.75. The minimum absolute atomic E-state index is 0.0119. The Labute approximate surface area is 156 Å². The number of carbonyl (C=O) groups excluding carboxylic acids is 2. The van der Waals surface area contributed by atoms with Gasteiger partial charge in [-0.3, -0.25) is 9.59 Å². The fraction of sp³-hybridized carbons (Fsp3) is 0.364. The quantitative estimate of drug-likeness (QED) is 0.694. The zero-order valence-electron chi connectivity index (χ0n) is 15.9. The third kappa shape index (κ3) is 6.03. The maximum atomic E-state index is 12.2. The first-order valence-electron chi connectivity index (χ1n) is 9.14. The van der Waals surface area contributed by atoms with E-state index in [9.17, 15) is 9.59 Å². The van der Waals surface area contributed by atoms with E-state index in [0.717, 1.165) is 24.1 Å². The Kier molecular flexibility index (Phi) is 7.39. The van der Waals surface area contributed by atoms with Gasteiger partial charge in [-0.05, 0) is 29.7 Å². The van der Waals surface area contributed by atoms with Crippen LogP contribution in [0.2, 0.25) is 0 Å². The molecule has 0 aromatic heterocycles. The van der Waals surface area contributed by atoms with E-state index < -0.39 is 0 Å². The lowest BCUT2D eigenvalue weighted by Crippen LogP contribution is -2.23. The summed E-state index contributed by atoms with van der Waals surface area (Å²) in [6.45, 7) is 2.61. The Morgan fingerprint density at radius 3 is 2.35 bits per heavy atom. The number of ketones is 1. The van der Waals surface area contributed by atoms with E-state index in [-0.39, 0.29) is 24.5 Å². The van der Waals surface area contributed by atoms with Gasteiger partial charge < -0.3 is 10.2 Å². The SMILES string of the molecule is CCCc1ccc(C(=O)CCC(=O)NCc2cccc(N(C)C)c2)cc1. The van der Waals surface area contributed by atoms with Gasteiger partial charge in [0.25, 0.3) is 0 Å². The number of rotatable bonds is 9.